The van der Waals surface area contributed by atoms with Crippen LogP contribution in [0.1, 0.15) is 29.8 Å². The Morgan fingerprint density at radius 1 is 0.969 bits per heavy atom. The number of hydrogen-bond donors (Lipinski definition) is 0. The maximum Gasteiger partial charge on any atom is 0.266 e. The molecule has 1 aromatic heterocycles. The molecule has 162 valence electrons. The maximum atomic E-state index is 13.3. The first-order valence-electron chi connectivity index (χ1n) is 10.6. The van der Waals surface area contributed by atoms with Crippen molar-refractivity contribution >= 4 is 28.4 Å². The molecule has 5 nitrogen and oxygen atoms in total. The number of thioether (sulfide) groups is 1. The fourth-order valence-corrected chi connectivity index (χ4v) is 4.34. The Morgan fingerprint density at radius 2 is 1.69 bits per heavy atom. The second-order valence-electron chi connectivity index (χ2n) is 7.24. The Balaban J connectivity index is 1.69. The summed E-state index contributed by atoms with van der Waals surface area (Å²) in [5.41, 5.74) is 2.98. The Bertz CT molecular complexity index is 1300. The molecule has 0 saturated carbocycles. The van der Waals surface area contributed by atoms with Crippen molar-refractivity contribution in [1.29, 1.82) is 0 Å². The molecule has 3 aromatic carbocycles. The molecule has 0 amide bonds. The molecular weight excluding hydrogens is 420 g/mol. The molecule has 0 fully saturated rings. The summed E-state index contributed by atoms with van der Waals surface area (Å²) in [6.07, 6.45) is 0.929. The SMILES string of the molecule is CCOc1ccc(-n2c(SCC(=O)c3ccc(CC)cc3)nc3ccccc3c2=O)cc1. The van der Waals surface area contributed by atoms with Gasteiger partial charge in [-0.05, 0) is 55.3 Å². The van der Waals surface area contributed by atoms with Gasteiger partial charge < -0.3 is 4.74 Å². The summed E-state index contributed by atoms with van der Waals surface area (Å²) in [6, 6.07) is 22.2. The number of nitrogens with zero attached hydrogens (tertiary/aromatic N) is 2. The summed E-state index contributed by atoms with van der Waals surface area (Å²) >= 11 is 1.27. The Hall–Kier alpha value is -3.38. The molecule has 0 atom stereocenters. The van der Waals surface area contributed by atoms with Crippen LogP contribution in [0.15, 0.2) is 82.7 Å². The van der Waals surface area contributed by atoms with Crippen molar-refractivity contribution in [3.8, 4) is 11.4 Å². The second-order valence-corrected chi connectivity index (χ2v) is 8.18. The average Bonchev–Trinajstić information content (AvgIpc) is 2.83. The highest BCUT2D eigenvalue weighted by Crippen LogP contribution is 2.24. The van der Waals surface area contributed by atoms with Crippen LogP contribution in [0.25, 0.3) is 16.6 Å². The van der Waals surface area contributed by atoms with Gasteiger partial charge in [0.2, 0.25) is 0 Å². The Labute approximate surface area is 191 Å². The van der Waals surface area contributed by atoms with E-state index < -0.39 is 0 Å². The van der Waals surface area contributed by atoms with Gasteiger partial charge in [0.1, 0.15) is 5.75 Å². The minimum atomic E-state index is -0.165. The van der Waals surface area contributed by atoms with Crippen LogP contribution in [0, 0.1) is 0 Å². The van der Waals surface area contributed by atoms with Gasteiger partial charge in [0, 0.05) is 5.56 Å². The highest BCUT2D eigenvalue weighted by Gasteiger charge is 2.15. The number of para-hydroxylation sites is 1. The van der Waals surface area contributed by atoms with Gasteiger partial charge in [0.25, 0.3) is 5.56 Å². The number of benzene rings is 3. The van der Waals surface area contributed by atoms with Gasteiger partial charge in [-0.3, -0.25) is 14.2 Å². The molecule has 0 bridgehead atoms. The summed E-state index contributed by atoms with van der Waals surface area (Å²) in [5.74, 6) is 0.920. The first-order valence-corrected chi connectivity index (χ1v) is 11.6. The lowest BCUT2D eigenvalue weighted by atomic mass is 10.1. The third-order valence-electron chi connectivity index (χ3n) is 5.17. The van der Waals surface area contributed by atoms with Gasteiger partial charge in [-0.15, -0.1) is 0 Å². The zero-order valence-electron chi connectivity index (χ0n) is 18.1. The maximum absolute atomic E-state index is 13.3. The minimum absolute atomic E-state index is 0.00157. The Kier molecular flexibility index (Phi) is 6.71. The molecule has 6 heteroatoms. The van der Waals surface area contributed by atoms with Crippen LogP contribution < -0.4 is 10.3 Å². The number of fused-ring (bicyclic) bond motifs is 1. The van der Waals surface area contributed by atoms with Crippen LogP contribution in [0.5, 0.6) is 5.75 Å². The zero-order valence-corrected chi connectivity index (χ0v) is 18.9. The van der Waals surface area contributed by atoms with E-state index in [0.717, 1.165) is 12.2 Å². The van der Waals surface area contributed by atoms with Crippen molar-refractivity contribution < 1.29 is 9.53 Å². The lowest BCUT2D eigenvalue weighted by molar-refractivity contribution is 0.102. The number of Topliss-reactive ketones (excluding diaryl/α,β-unsaturated/α-hetero) is 1. The molecule has 1 heterocycles. The van der Waals surface area contributed by atoms with E-state index in [9.17, 15) is 9.59 Å². The fraction of sp³-hybridized carbons (Fsp3) is 0.192. The van der Waals surface area contributed by atoms with Gasteiger partial charge in [-0.2, -0.15) is 0 Å². The molecule has 0 spiro atoms. The second kappa shape index (κ2) is 9.83. The first kappa shape index (κ1) is 21.8. The third kappa shape index (κ3) is 4.60. The van der Waals surface area contributed by atoms with E-state index in [0.29, 0.717) is 33.9 Å². The van der Waals surface area contributed by atoms with E-state index in [1.165, 1.54) is 17.3 Å². The number of aryl methyl sites for hydroxylation is 1. The van der Waals surface area contributed by atoms with Crippen molar-refractivity contribution in [2.45, 2.75) is 25.4 Å². The molecular formula is C26H24N2O3S. The van der Waals surface area contributed by atoms with Crippen LogP contribution in [0.3, 0.4) is 0 Å². The highest BCUT2D eigenvalue weighted by atomic mass is 32.2. The van der Waals surface area contributed by atoms with E-state index >= 15 is 0 Å². The van der Waals surface area contributed by atoms with Gasteiger partial charge in [-0.1, -0.05) is 55.1 Å². The van der Waals surface area contributed by atoms with E-state index in [2.05, 4.69) is 6.92 Å². The van der Waals surface area contributed by atoms with Gasteiger partial charge in [-0.25, -0.2) is 4.98 Å². The minimum Gasteiger partial charge on any atom is -0.494 e. The van der Waals surface area contributed by atoms with Crippen molar-refractivity contribution in [2.75, 3.05) is 12.4 Å². The van der Waals surface area contributed by atoms with Gasteiger partial charge >= 0.3 is 0 Å². The lowest BCUT2D eigenvalue weighted by Crippen LogP contribution is -2.22. The van der Waals surface area contributed by atoms with E-state index in [-0.39, 0.29) is 17.1 Å². The lowest BCUT2D eigenvalue weighted by Gasteiger charge is -2.14. The average molecular weight is 445 g/mol. The molecule has 0 aliphatic heterocycles. The van der Waals surface area contributed by atoms with Crippen LogP contribution in [0.2, 0.25) is 0 Å². The van der Waals surface area contributed by atoms with E-state index in [4.69, 9.17) is 9.72 Å². The smallest absolute Gasteiger partial charge is 0.266 e. The van der Waals surface area contributed by atoms with E-state index in [1.54, 1.807) is 10.6 Å². The van der Waals surface area contributed by atoms with Crippen molar-refractivity contribution in [3.63, 3.8) is 0 Å². The normalized spacial score (nSPS) is 10.9. The summed E-state index contributed by atoms with van der Waals surface area (Å²) in [4.78, 5) is 30.8. The predicted octanol–water partition coefficient (Wildman–Crippen LogP) is 5.32. The molecule has 0 saturated heterocycles. The first-order chi connectivity index (χ1) is 15.6. The molecule has 0 radical (unpaired) electrons. The number of carbonyl (C=O) groups excluding carboxylic acids is 1. The summed E-state index contributed by atoms with van der Waals surface area (Å²) in [7, 11) is 0. The number of rotatable bonds is 8. The zero-order chi connectivity index (χ0) is 22.5. The Morgan fingerprint density at radius 3 is 2.38 bits per heavy atom. The fourth-order valence-electron chi connectivity index (χ4n) is 3.43. The number of aromatic nitrogens is 2. The van der Waals surface area contributed by atoms with E-state index in [1.807, 2.05) is 73.7 Å². The number of ether oxygens (including phenoxy) is 1. The van der Waals surface area contributed by atoms with Gasteiger partial charge in [0.15, 0.2) is 10.9 Å². The molecule has 0 N–H and O–H groups in total. The van der Waals surface area contributed by atoms with Crippen molar-refractivity contribution in [2.24, 2.45) is 0 Å². The standard InChI is InChI=1S/C26H24N2O3S/c1-3-18-9-11-19(12-10-18)24(29)17-32-26-27-23-8-6-5-7-22(23)25(30)28(26)20-13-15-21(16-14-20)31-4-2/h5-16H,3-4,17H2,1-2H3. The number of hydrogen-bond acceptors (Lipinski definition) is 5. The highest BCUT2D eigenvalue weighted by molar-refractivity contribution is 7.99. The van der Waals surface area contributed by atoms with Crippen molar-refractivity contribution in [1.82, 2.24) is 9.55 Å². The van der Waals surface area contributed by atoms with Crippen LogP contribution in [-0.2, 0) is 6.42 Å². The third-order valence-corrected chi connectivity index (χ3v) is 6.11. The summed E-state index contributed by atoms with van der Waals surface area (Å²) in [6.45, 7) is 4.57. The largest absolute Gasteiger partial charge is 0.494 e. The van der Waals surface area contributed by atoms with Crippen LogP contribution in [0.4, 0.5) is 0 Å². The van der Waals surface area contributed by atoms with Crippen LogP contribution >= 0.6 is 11.8 Å². The molecule has 0 aliphatic carbocycles. The monoisotopic (exact) mass is 444 g/mol. The molecule has 0 unspecified atom stereocenters. The van der Waals surface area contributed by atoms with Crippen LogP contribution in [-0.4, -0.2) is 27.7 Å². The quantitative estimate of drug-likeness (QED) is 0.209. The molecule has 0 aliphatic rings. The van der Waals surface area contributed by atoms with Crippen molar-refractivity contribution in [3.05, 3.63) is 94.3 Å². The summed E-state index contributed by atoms with van der Waals surface area (Å²) < 4.78 is 7.08. The molecule has 32 heavy (non-hydrogen) atoms. The van der Waals surface area contributed by atoms with Gasteiger partial charge in [0.05, 0.1) is 29.0 Å². The molecule has 4 aromatic rings. The predicted molar refractivity (Wildman–Crippen MR) is 129 cm³/mol. The topological polar surface area (TPSA) is 61.2 Å². The number of ketones is 1. The summed E-state index contributed by atoms with van der Waals surface area (Å²) in [5, 5.41) is 1.02. The molecule has 4 rings (SSSR count). The number of carbonyl (C=O) groups is 1.